The second kappa shape index (κ2) is 5.92. The fourth-order valence-electron chi connectivity index (χ4n) is 3.33. The van der Waals surface area contributed by atoms with Crippen LogP contribution in [0.15, 0.2) is 30.5 Å². The van der Waals surface area contributed by atoms with E-state index < -0.39 is 0 Å². The third-order valence-corrected chi connectivity index (χ3v) is 4.90. The Bertz CT molecular complexity index is 623. The molecular weight excluding hydrogens is 260 g/mol. The third kappa shape index (κ3) is 2.69. The van der Waals surface area contributed by atoms with Crippen molar-refractivity contribution < 1.29 is 4.79 Å². The van der Waals surface area contributed by atoms with Crippen molar-refractivity contribution in [3.05, 3.63) is 36.0 Å². The Hall–Kier alpha value is -1.77. The molecule has 0 spiro atoms. The number of hydrogen-bond acceptors (Lipinski definition) is 1. The minimum Gasteiger partial charge on any atom is -0.361 e. The van der Waals surface area contributed by atoms with Gasteiger partial charge >= 0.3 is 0 Å². The molecule has 1 unspecified atom stereocenters. The number of fused-ring (bicyclic) bond motifs is 1. The van der Waals surface area contributed by atoms with Crippen molar-refractivity contribution >= 4 is 16.8 Å². The molecular formula is C18H24N2O. The molecule has 1 aliphatic heterocycles. The lowest BCUT2D eigenvalue weighted by molar-refractivity contribution is -0.136. The third-order valence-electron chi connectivity index (χ3n) is 4.90. The van der Waals surface area contributed by atoms with E-state index in [0.29, 0.717) is 11.8 Å². The highest BCUT2D eigenvalue weighted by Gasteiger charge is 2.27. The normalized spacial score (nSPS) is 18.1. The first kappa shape index (κ1) is 14.2. The molecule has 0 bridgehead atoms. The number of para-hydroxylation sites is 1. The fourth-order valence-corrected chi connectivity index (χ4v) is 3.33. The number of hydrogen-bond donors (Lipinski definition) is 1. The van der Waals surface area contributed by atoms with Gasteiger partial charge < -0.3 is 9.88 Å². The lowest BCUT2D eigenvalue weighted by Gasteiger charge is -2.33. The molecule has 1 aromatic heterocycles. The maximum atomic E-state index is 12.3. The van der Waals surface area contributed by atoms with Crippen LogP contribution in [0.1, 0.15) is 44.6 Å². The molecule has 1 aromatic carbocycles. The summed E-state index contributed by atoms with van der Waals surface area (Å²) in [6, 6.07) is 8.48. The van der Waals surface area contributed by atoms with E-state index in [1.54, 1.807) is 0 Å². The van der Waals surface area contributed by atoms with Gasteiger partial charge in [0.1, 0.15) is 0 Å². The standard InChI is InChI=1S/C18H24N2O/c1-3-13(2)18(21)20-10-8-14(9-11-20)16-12-19-17-7-5-4-6-15(16)17/h4-7,12-14,19H,3,8-11H2,1-2H3. The van der Waals surface area contributed by atoms with Crippen LogP contribution in [-0.4, -0.2) is 28.9 Å². The van der Waals surface area contributed by atoms with Gasteiger partial charge in [-0.3, -0.25) is 4.79 Å². The van der Waals surface area contributed by atoms with Crippen molar-refractivity contribution in [1.82, 2.24) is 9.88 Å². The van der Waals surface area contributed by atoms with Gasteiger partial charge in [0.15, 0.2) is 0 Å². The molecule has 3 heteroatoms. The van der Waals surface area contributed by atoms with Gasteiger partial charge in [-0.2, -0.15) is 0 Å². The van der Waals surface area contributed by atoms with E-state index in [-0.39, 0.29) is 5.92 Å². The maximum absolute atomic E-state index is 12.3. The Kier molecular flexibility index (Phi) is 4.00. The van der Waals surface area contributed by atoms with E-state index in [4.69, 9.17) is 0 Å². The molecule has 2 heterocycles. The van der Waals surface area contributed by atoms with E-state index in [1.165, 1.54) is 16.5 Å². The van der Waals surface area contributed by atoms with Crippen LogP contribution >= 0.6 is 0 Å². The van der Waals surface area contributed by atoms with Crippen LogP contribution in [0.5, 0.6) is 0 Å². The zero-order valence-corrected chi connectivity index (χ0v) is 12.9. The minimum atomic E-state index is 0.162. The van der Waals surface area contributed by atoms with E-state index in [1.807, 2.05) is 6.92 Å². The molecule has 1 aliphatic rings. The van der Waals surface area contributed by atoms with Crippen LogP contribution in [0.3, 0.4) is 0 Å². The number of aromatic nitrogens is 1. The molecule has 112 valence electrons. The van der Waals surface area contributed by atoms with E-state index in [0.717, 1.165) is 32.4 Å². The highest BCUT2D eigenvalue weighted by molar-refractivity contribution is 5.83. The zero-order chi connectivity index (χ0) is 14.8. The molecule has 2 aromatic rings. The molecule has 1 N–H and O–H groups in total. The highest BCUT2D eigenvalue weighted by Crippen LogP contribution is 2.33. The molecule has 1 fully saturated rings. The first-order valence-corrected chi connectivity index (χ1v) is 8.05. The minimum absolute atomic E-state index is 0.162. The lowest BCUT2D eigenvalue weighted by atomic mass is 9.88. The number of amides is 1. The van der Waals surface area contributed by atoms with Gasteiger partial charge in [-0.25, -0.2) is 0 Å². The van der Waals surface area contributed by atoms with Gasteiger partial charge in [-0.05, 0) is 36.8 Å². The summed E-state index contributed by atoms with van der Waals surface area (Å²) >= 11 is 0. The number of piperidine rings is 1. The van der Waals surface area contributed by atoms with Gasteiger partial charge in [-0.15, -0.1) is 0 Å². The van der Waals surface area contributed by atoms with Gasteiger partial charge in [-0.1, -0.05) is 32.0 Å². The van der Waals surface area contributed by atoms with Crippen LogP contribution in [0.2, 0.25) is 0 Å². The first-order valence-electron chi connectivity index (χ1n) is 8.05. The Morgan fingerprint density at radius 2 is 2.05 bits per heavy atom. The summed E-state index contributed by atoms with van der Waals surface area (Å²) in [7, 11) is 0. The van der Waals surface area contributed by atoms with Crippen molar-refractivity contribution in [3.63, 3.8) is 0 Å². The summed E-state index contributed by atoms with van der Waals surface area (Å²) in [5, 5.41) is 1.34. The Labute approximate surface area is 126 Å². The Morgan fingerprint density at radius 1 is 1.33 bits per heavy atom. The summed E-state index contributed by atoms with van der Waals surface area (Å²) in [5.41, 5.74) is 2.63. The quantitative estimate of drug-likeness (QED) is 0.911. The molecule has 0 aliphatic carbocycles. The molecule has 1 amide bonds. The number of carbonyl (C=O) groups is 1. The van der Waals surface area contributed by atoms with Gasteiger partial charge in [0.25, 0.3) is 0 Å². The lowest BCUT2D eigenvalue weighted by Crippen LogP contribution is -2.40. The number of rotatable bonds is 3. The predicted molar refractivity (Wildman–Crippen MR) is 86.3 cm³/mol. The second-order valence-electron chi connectivity index (χ2n) is 6.20. The van der Waals surface area contributed by atoms with Crippen molar-refractivity contribution in [2.75, 3.05) is 13.1 Å². The number of H-pyrrole nitrogens is 1. The molecule has 0 saturated carbocycles. The average Bonchev–Trinajstić information content (AvgIpc) is 2.97. The van der Waals surface area contributed by atoms with E-state index >= 15 is 0 Å². The van der Waals surface area contributed by atoms with Crippen molar-refractivity contribution in [3.8, 4) is 0 Å². The number of nitrogens with zero attached hydrogens (tertiary/aromatic N) is 1. The average molecular weight is 284 g/mol. The van der Waals surface area contributed by atoms with Crippen LogP contribution in [-0.2, 0) is 4.79 Å². The first-order chi connectivity index (χ1) is 10.2. The molecule has 3 nitrogen and oxygen atoms in total. The maximum Gasteiger partial charge on any atom is 0.225 e. The van der Waals surface area contributed by atoms with E-state index in [2.05, 4.69) is 47.3 Å². The summed E-state index contributed by atoms with van der Waals surface area (Å²) in [5.74, 6) is 1.06. The number of benzene rings is 1. The molecule has 3 rings (SSSR count). The monoisotopic (exact) mass is 284 g/mol. The van der Waals surface area contributed by atoms with Crippen LogP contribution < -0.4 is 0 Å². The van der Waals surface area contributed by atoms with Gasteiger partial charge in [0.2, 0.25) is 5.91 Å². The summed E-state index contributed by atoms with van der Waals surface area (Å²) in [6.07, 6.45) is 5.23. The smallest absolute Gasteiger partial charge is 0.225 e. The SMILES string of the molecule is CCC(C)C(=O)N1CCC(c2c[nH]c3ccccc23)CC1. The predicted octanol–water partition coefficient (Wildman–Crippen LogP) is 3.92. The van der Waals surface area contributed by atoms with Crippen LogP contribution in [0.4, 0.5) is 0 Å². The van der Waals surface area contributed by atoms with Crippen molar-refractivity contribution in [2.45, 2.75) is 39.0 Å². The van der Waals surface area contributed by atoms with E-state index in [9.17, 15) is 4.79 Å². The molecule has 21 heavy (non-hydrogen) atoms. The van der Waals surface area contributed by atoms with Crippen molar-refractivity contribution in [1.29, 1.82) is 0 Å². The number of nitrogens with one attached hydrogen (secondary N) is 1. The van der Waals surface area contributed by atoms with Gasteiger partial charge in [0, 0.05) is 36.1 Å². The Morgan fingerprint density at radius 3 is 2.76 bits per heavy atom. The topological polar surface area (TPSA) is 36.1 Å². The zero-order valence-electron chi connectivity index (χ0n) is 12.9. The Balaban J connectivity index is 1.70. The van der Waals surface area contributed by atoms with Crippen molar-refractivity contribution in [2.24, 2.45) is 5.92 Å². The molecule has 1 atom stereocenters. The molecule has 0 radical (unpaired) electrons. The number of carbonyl (C=O) groups excluding carboxylic acids is 1. The number of aromatic amines is 1. The van der Waals surface area contributed by atoms with Gasteiger partial charge in [0.05, 0.1) is 0 Å². The molecule has 1 saturated heterocycles. The highest BCUT2D eigenvalue weighted by atomic mass is 16.2. The second-order valence-corrected chi connectivity index (χ2v) is 6.20. The largest absolute Gasteiger partial charge is 0.361 e. The van der Waals surface area contributed by atoms with Crippen LogP contribution in [0, 0.1) is 5.92 Å². The number of likely N-dealkylation sites (tertiary alicyclic amines) is 1. The fraction of sp³-hybridized carbons (Fsp3) is 0.500. The summed E-state index contributed by atoms with van der Waals surface area (Å²) in [6.45, 7) is 5.91. The van der Waals surface area contributed by atoms with Crippen LogP contribution in [0.25, 0.3) is 10.9 Å². The summed E-state index contributed by atoms with van der Waals surface area (Å²) < 4.78 is 0. The summed E-state index contributed by atoms with van der Waals surface area (Å²) in [4.78, 5) is 17.7.